The summed E-state index contributed by atoms with van der Waals surface area (Å²) >= 11 is 0. The first-order chi connectivity index (χ1) is 8.91. The van der Waals surface area contributed by atoms with Crippen molar-refractivity contribution in [3.63, 3.8) is 0 Å². The minimum absolute atomic E-state index is 0.0758. The summed E-state index contributed by atoms with van der Waals surface area (Å²) in [5.74, 6) is 0. The number of urea groups is 1. The molecule has 0 fully saturated rings. The second-order valence-corrected chi connectivity index (χ2v) is 3.55. The van der Waals surface area contributed by atoms with Gasteiger partial charge in [0, 0.05) is 36.5 Å². The summed E-state index contributed by atoms with van der Waals surface area (Å²) in [6.07, 6.45) is -2.84. The lowest BCUT2D eigenvalue weighted by atomic mass is 10.1. The van der Waals surface area contributed by atoms with E-state index >= 15 is 0 Å². The number of nitro benzene ring substituents is 1. The Morgan fingerprint density at radius 2 is 2.11 bits per heavy atom. The zero-order chi connectivity index (χ0) is 14.4. The van der Waals surface area contributed by atoms with Gasteiger partial charge in [0.25, 0.3) is 12.1 Å². The van der Waals surface area contributed by atoms with Gasteiger partial charge in [-0.25, -0.2) is 13.6 Å². The van der Waals surface area contributed by atoms with E-state index in [9.17, 15) is 23.7 Å². The van der Waals surface area contributed by atoms with Crippen molar-refractivity contribution in [2.45, 2.75) is 6.43 Å². The minimum Gasteiger partial charge on any atom is -0.383 e. The number of nitro groups is 1. The molecule has 0 saturated heterocycles. The Morgan fingerprint density at radius 3 is 2.63 bits per heavy atom. The molecule has 0 saturated carbocycles. The highest BCUT2D eigenvalue weighted by Crippen LogP contribution is 2.30. The van der Waals surface area contributed by atoms with E-state index in [0.717, 1.165) is 12.1 Å². The molecule has 9 heteroatoms. The summed E-state index contributed by atoms with van der Waals surface area (Å²) in [5.41, 5.74) is 4.04. The number of anilines is 1. The summed E-state index contributed by atoms with van der Waals surface area (Å²) < 4.78 is 25.5. The lowest BCUT2D eigenvalue weighted by molar-refractivity contribution is -0.385. The third-order valence-corrected chi connectivity index (χ3v) is 2.22. The van der Waals surface area contributed by atoms with E-state index in [4.69, 9.17) is 5.73 Å². The van der Waals surface area contributed by atoms with Crippen LogP contribution in [0.15, 0.2) is 18.2 Å². The first-order valence-electron chi connectivity index (χ1n) is 5.25. The molecule has 0 spiro atoms. The average molecular weight is 274 g/mol. The molecule has 0 unspecified atom stereocenters. The molecule has 0 aliphatic heterocycles. The summed E-state index contributed by atoms with van der Waals surface area (Å²) in [7, 11) is 0. The molecule has 4 N–H and O–H groups in total. The molecule has 104 valence electrons. The van der Waals surface area contributed by atoms with Gasteiger partial charge in [-0.05, 0) is 6.07 Å². The number of non-ortho nitro benzene ring substituents is 1. The number of hydrogen-bond donors (Lipinski definition) is 3. The van der Waals surface area contributed by atoms with Crippen LogP contribution in [-0.2, 0) is 0 Å². The highest BCUT2D eigenvalue weighted by Gasteiger charge is 2.17. The molecular weight excluding hydrogens is 262 g/mol. The SMILES string of the molecule is NC(=O)NCCNc1ccc([N+](=O)[O-])cc1C(F)F. The number of benzene rings is 1. The monoisotopic (exact) mass is 274 g/mol. The van der Waals surface area contributed by atoms with Crippen LogP contribution in [0.5, 0.6) is 0 Å². The number of nitrogens with two attached hydrogens (primary N) is 1. The first-order valence-corrected chi connectivity index (χ1v) is 5.25. The number of hydrogen-bond acceptors (Lipinski definition) is 4. The highest BCUT2D eigenvalue weighted by atomic mass is 19.3. The van der Waals surface area contributed by atoms with Gasteiger partial charge in [-0.1, -0.05) is 0 Å². The second kappa shape index (κ2) is 6.47. The van der Waals surface area contributed by atoms with Crippen molar-refractivity contribution in [3.05, 3.63) is 33.9 Å². The number of nitrogens with one attached hydrogen (secondary N) is 2. The van der Waals surface area contributed by atoms with Gasteiger partial charge in [-0.15, -0.1) is 0 Å². The van der Waals surface area contributed by atoms with E-state index in [2.05, 4.69) is 10.6 Å². The zero-order valence-corrected chi connectivity index (χ0v) is 9.73. The van der Waals surface area contributed by atoms with Crippen LogP contribution >= 0.6 is 0 Å². The maximum Gasteiger partial charge on any atom is 0.312 e. The van der Waals surface area contributed by atoms with E-state index in [1.807, 2.05) is 0 Å². The fourth-order valence-electron chi connectivity index (χ4n) is 1.39. The third-order valence-electron chi connectivity index (χ3n) is 2.22. The molecule has 0 aliphatic rings. The van der Waals surface area contributed by atoms with Crippen molar-refractivity contribution in [1.29, 1.82) is 0 Å². The van der Waals surface area contributed by atoms with E-state index < -0.39 is 28.6 Å². The van der Waals surface area contributed by atoms with Gasteiger partial charge in [-0.2, -0.15) is 0 Å². The largest absolute Gasteiger partial charge is 0.383 e. The lowest BCUT2D eigenvalue weighted by Crippen LogP contribution is -2.33. The number of carbonyl (C=O) groups excluding carboxylic acids is 1. The second-order valence-electron chi connectivity index (χ2n) is 3.55. The Labute approximate surface area is 106 Å². The molecule has 0 atom stereocenters. The van der Waals surface area contributed by atoms with Gasteiger partial charge < -0.3 is 16.4 Å². The number of amides is 2. The Kier molecular flexibility index (Phi) is 4.98. The smallest absolute Gasteiger partial charge is 0.312 e. The summed E-state index contributed by atoms with van der Waals surface area (Å²) in [4.78, 5) is 20.1. The van der Waals surface area contributed by atoms with Gasteiger partial charge in [-0.3, -0.25) is 10.1 Å². The Balaban J connectivity index is 2.76. The number of nitrogens with zero attached hydrogens (tertiary/aromatic N) is 1. The van der Waals surface area contributed by atoms with Crippen LogP contribution < -0.4 is 16.4 Å². The van der Waals surface area contributed by atoms with Crippen LogP contribution in [0.25, 0.3) is 0 Å². The summed E-state index contributed by atoms with van der Waals surface area (Å²) in [6, 6.07) is 2.41. The van der Waals surface area contributed by atoms with Gasteiger partial charge in [0.15, 0.2) is 0 Å². The van der Waals surface area contributed by atoms with Gasteiger partial charge in [0.2, 0.25) is 0 Å². The van der Waals surface area contributed by atoms with Crippen LogP contribution in [0.3, 0.4) is 0 Å². The molecule has 1 rings (SSSR count). The number of halogens is 2. The van der Waals surface area contributed by atoms with Crippen molar-refractivity contribution in [1.82, 2.24) is 5.32 Å². The number of primary amides is 1. The van der Waals surface area contributed by atoms with E-state index in [-0.39, 0.29) is 18.8 Å². The molecule has 19 heavy (non-hydrogen) atoms. The Bertz CT molecular complexity index is 482. The zero-order valence-electron chi connectivity index (χ0n) is 9.73. The molecule has 0 radical (unpaired) electrons. The van der Waals surface area contributed by atoms with Gasteiger partial charge in [0.1, 0.15) is 0 Å². The molecule has 0 aliphatic carbocycles. The quantitative estimate of drug-likeness (QED) is 0.415. The fourth-order valence-corrected chi connectivity index (χ4v) is 1.39. The van der Waals surface area contributed by atoms with Gasteiger partial charge >= 0.3 is 6.03 Å². The fraction of sp³-hybridized carbons (Fsp3) is 0.300. The van der Waals surface area contributed by atoms with Crippen molar-refractivity contribution in [3.8, 4) is 0 Å². The van der Waals surface area contributed by atoms with E-state index in [1.165, 1.54) is 6.07 Å². The van der Waals surface area contributed by atoms with Crippen LogP contribution in [0.2, 0.25) is 0 Å². The molecule has 1 aromatic carbocycles. The van der Waals surface area contributed by atoms with E-state index in [0.29, 0.717) is 0 Å². The Hall–Kier alpha value is -2.45. The van der Waals surface area contributed by atoms with Crippen LogP contribution in [-0.4, -0.2) is 24.0 Å². The van der Waals surface area contributed by atoms with Crippen LogP contribution in [0, 0.1) is 10.1 Å². The van der Waals surface area contributed by atoms with Crippen molar-refractivity contribution in [2.75, 3.05) is 18.4 Å². The predicted octanol–water partition coefficient (Wildman–Crippen LogP) is 1.61. The maximum absolute atomic E-state index is 12.8. The Morgan fingerprint density at radius 1 is 1.42 bits per heavy atom. The van der Waals surface area contributed by atoms with Crippen molar-refractivity contribution in [2.24, 2.45) is 5.73 Å². The standard InChI is InChI=1S/C10H12F2N4O3/c11-9(12)7-5-6(16(18)19)1-2-8(7)14-3-4-15-10(13)17/h1-2,5,9,14H,3-4H2,(H3,13,15,17). The lowest BCUT2D eigenvalue weighted by Gasteiger charge is -2.11. The molecule has 2 amide bonds. The molecule has 0 bridgehead atoms. The maximum atomic E-state index is 12.8. The molecular formula is C10H12F2N4O3. The van der Waals surface area contributed by atoms with Crippen molar-refractivity contribution >= 4 is 17.4 Å². The third kappa shape index (κ3) is 4.37. The number of carbonyl (C=O) groups is 1. The normalized spacial score (nSPS) is 10.3. The van der Waals surface area contributed by atoms with Crippen molar-refractivity contribution < 1.29 is 18.5 Å². The summed E-state index contributed by atoms with van der Waals surface area (Å²) in [6.45, 7) is 0.315. The molecule has 0 aromatic heterocycles. The molecule has 7 nitrogen and oxygen atoms in total. The number of rotatable bonds is 6. The first kappa shape index (κ1) is 14.6. The minimum atomic E-state index is -2.84. The van der Waals surface area contributed by atoms with Gasteiger partial charge in [0.05, 0.1) is 4.92 Å². The average Bonchev–Trinajstić information content (AvgIpc) is 2.34. The highest BCUT2D eigenvalue weighted by molar-refractivity contribution is 5.71. The van der Waals surface area contributed by atoms with Crippen LogP contribution in [0.4, 0.5) is 25.0 Å². The number of alkyl halides is 2. The molecule has 0 heterocycles. The summed E-state index contributed by atoms with van der Waals surface area (Å²) in [5, 5.41) is 15.4. The predicted molar refractivity (Wildman–Crippen MR) is 64.1 cm³/mol. The molecule has 1 aromatic rings. The topological polar surface area (TPSA) is 110 Å². The van der Waals surface area contributed by atoms with Crippen LogP contribution in [0.1, 0.15) is 12.0 Å². The van der Waals surface area contributed by atoms with E-state index in [1.54, 1.807) is 0 Å².